The van der Waals surface area contributed by atoms with E-state index in [0.717, 1.165) is 6.08 Å². The first-order valence-electron chi connectivity index (χ1n) is 4.72. The molecule has 0 heterocycles. The van der Waals surface area contributed by atoms with Crippen LogP contribution in [0.2, 0.25) is 0 Å². The number of carboxylic acid groups (broad SMARTS) is 1. The van der Waals surface area contributed by atoms with Gasteiger partial charge in [-0.15, -0.1) is 0 Å². The van der Waals surface area contributed by atoms with E-state index in [-0.39, 0.29) is 0 Å². The van der Waals surface area contributed by atoms with Gasteiger partial charge >= 0.3 is 12.1 Å². The van der Waals surface area contributed by atoms with Crippen LogP contribution in [0.15, 0.2) is 11.9 Å². The van der Waals surface area contributed by atoms with E-state index in [1.165, 1.54) is 6.92 Å². The maximum Gasteiger partial charge on any atom is 0.408 e. The molecule has 0 radical (unpaired) electrons. The van der Waals surface area contributed by atoms with Crippen molar-refractivity contribution in [1.82, 2.24) is 5.32 Å². The van der Waals surface area contributed by atoms with E-state index < -0.39 is 29.5 Å². The van der Waals surface area contributed by atoms with Gasteiger partial charge in [0.25, 0.3) is 0 Å². The van der Waals surface area contributed by atoms with Crippen LogP contribution in [0.25, 0.3) is 0 Å². The Labute approximate surface area is 93.3 Å². The molecule has 0 rings (SSSR count). The summed E-state index contributed by atoms with van der Waals surface area (Å²) in [5, 5.41) is 10.5. The highest BCUT2D eigenvalue weighted by Crippen LogP contribution is 2.07. The van der Waals surface area contributed by atoms with E-state index in [0.29, 0.717) is 0 Å². The van der Waals surface area contributed by atoms with Gasteiger partial charge in [-0.3, -0.25) is 0 Å². The third kappa shape index (κ3) is 6.80. The van der Waals surface area contributed by atoms with Crippen molar-refractivity contribution in [3.8, 4) is 0 Å². The fourth-order valence-electron chi connectivity index (χ4n) is 0.826. The second-order valence-electron chi connectivity index (χ2n) is 4.25. The van der Waals surface area contributed by atoms with Crippen molar-refractivity contribution in [2.24, 2.45) is 0 Å². The summed E-state index contributed by atoms with van der Waals surface area (Å²) in [6.07, 6.45) is 0.0566. The van der Waals surface area contributed by atoms with Crippen molar-refractivity contribution < 1.29 is 23.8 Å². The van der Waals surface area contributed by atoms with Crippen LogP contribution in [0.1, 0.15) is 27.7 Å². The lowest BCUT2D eigenvalue weighted by atomic mass is 10.2. The van der Waals surface area contributed by atoms with Crippen LogP contribution in [0, 0.1) is 0 Å². The van der Waals surface area contributed by atoms with Gasteiger partial charge in [0, 0.05) is 0 Å². The van der Waals surface area contributed by atoms with Gasteiger partial charge in [-0.25, -0.2) is 9.59 Å². The number of ether oxygens (including phenoxy) is 1. The number of nitrogens with one attached hydrogen (secondary N) is 1. The molecule has 16 heavy (non-hydrogen) atoms. The molecule has 0 spiro atoms. The average Bonchev–Trinajstić information content (AvgIpc) is 1.98. The molecule has 0 aliphatic heterocycles. The van der Waals surface area contributed by atoms with Gasteiger partial charge < -0.3 is 15.2 Å². The molecule has 0 aliphatic rings. The number of alkyl carbamates (subject to hydrolysis) is 1. The lowest BCUT2D eigenvalue weighted by molar-refractivity contribution is -0.134. The number of halogens is 1. The first-order chi connectivity index (χ1) is 7.11. The van der Waals surface area contributed by atoms with E-state index in [1.54, 1.807) is 20.8 Å². The zero-order valence-corrected chi connectivity index (χ0v) is 9.70. The van der Waals surface area contributed by atoms with E-state index in [1.807, 2.05) is 0 Å². The number of rotatable bonds is 3. The van der Waals surface area contributed by atoms with Crippen LogP contribution in [0.5, 0.6) is 0 Å². The molecule has 0 aliphatic carbocycles. The summed E-state index contributed by atoms with van der Waals surface area (Å²) >= 11 is 0. The highest BCUT2D eigenvalue weighted by Gasteiger charge is 2.17. The summed E-state index contributed by atoms with van der Waals surface area (Å²) in [5.74, 6) is -2.98. The third-order valence-corrected chi connectivity index (χ3v) is 1.35. The lowest BCUT2D eigenvalue weighted by Crippen LogP contribution is -2.37. The van der Waals surface area contributed by atoms with Crippen LogP contribution in [-0.4, -0.2) is 28.8 Å². The molecule has 0 saturated heterocycles. The lowest BCUT2D eigenvalue weighted by Gasteiger charge is -2.20. The predicted molar refractivity (Wildman–Crippen MR) is 55.7 cm³/mol. The van der Waals surface area contributed by atoms with Gasteiger partial charge in [0.05, 0.1) is 6.04 Å². The highest BCUT2D eigenvalue weighted by atomic mass is 19.1. The van der Waals surface area contributed by atoms with Crippen molar-refractivity contribution in [3.63, 3.8) is 0 Å². The number of hydrogen-bond donors (Lipinski definition) is 2. The van der Waals surface area contributed by atoms with Crippen molar-refractivity contribution in [1.29, 1.82) is 0 Å². The topological polar surface area (TPSA) is 75.6 Å². The Morgan fingerprint density at radius 2 is 1.94 bits per heavy atom. The normalized spacial score (nSPS) is 14.2. The zero-order chi connectivity index (χ0) is 12.9. The van der Waals surface area contributed by atoms with Crippen LogP contribution in [-0.2, 0) is 9.53 Å². The summed E-state index contributed by atoms with van der Waals surface area (Å²) in [7, 11) is 0. The molecule has 1 unspecified atom stereocenters. The first kappa shape index (κ1) is 14.4. The monoisotopic (exact) mass is 233 g/mol. The Bertz CT molecular complexity index is 306. The smallest absolute Gasteiger partial charge is 0.408 e. The number of carboxylic acids is 1. The average molecular weight is 233 g/mol. The fraction of sp³-hybridized carbons (Fsp3) is 0.600. The van der Waals surface area contributed by atoms with Crippen molar-refractivity contribution >= 4 is 12.1 Å². The van der Waals surface area contributed by atoms with Gasteiger partial charge in [-0.1, -0.05) is 0 Å². The van der Waals surface area contributed by atoms with Gasteiger partial charge in [-0.05, 0) is 33.8 Å². The molecular formula is C10H16FNO4. The quantitative estimate of drug-likeness (QED) is 0.729. The molecule has 0 aromatic heterocycles. The van der Waals surface area contributed by atoms with E-state index >= 15 is 0 Å². The van der Waals surface area contributed by atoms with Gasteiger partial charge in [0.1, 0.15) is 5.60 Å². The number of hydrogen-bond acceptors (Lipinski definition) is 3. The van der Waals surface area contributed by atoms with Crippen molar-refractivity contribution in [2.45, 2.75) is 39.3 Å². The highest BCUT2D eigenvalue weighted by molar-refractivity contribution is 5.84. The maximum atomic E-state index is 12.6. The van der Waals surface area contributed by atoms with Gasteiger partial charge in [0.2, 0.25) is 5.83 Å². The van der Waals surface area contributed by atoms with Crippen molar-refractivity contribution in [3.05, 3.63) is 11.9 Å². The van der Waals surface area contributed by atoms with Crippen LogP contribution < -0.4 is 5.32 Å². The summed E-state index contributed by atoms with van der Waals surface area (Å²) in [5.41, 5.74) is -0.654. The molecule has 0 bridgehead atoms. The zero-order valence-electron chi connectivity index (χ0n) is 9.70. The Morgan fingerprint density at radius 1 is 1.44 bits per heavy atom. The minimum Gasteiger partial charge on any atom is -0.476 e. The first-order valence-corrected chi connectivity index (χ1v) is 4.72. The fourth-order valence-corrected chi connectivity index (χ4v) is 0.826. The van der Waals surface area contributed by atoms with E-state index in [9.17, 15) is 14.0 Å². The number of carbonyl (C=O) groups is 2. The SMILES string of the molecule is CC(/C=C(\F)C(=O)O)NC(=O)OC(C)(C)C. The minimum absolute atomic E-state index is 0.654. The Morgan fingerprint density at radius 3 is 2.31 bits per heavy atom. The Hall–Kier alpha value is -1.59. The molecule has 6 heteroatoms. The molecule has 5 nitrogen and oxygen atoms in total. The largest absolute Gasteiger partial charge is 0.476 e. The van der Waals surface area contributed by atoms with E-state index in [4.69, 9.17) is 9.84 Å². The standard InChI is InChI=1S/C10H16FNO4/c1-6(5-7(11)8(13)14)12-9(15)16-10(2,3)4/h5-6H,1-4H3,(H,12,15)(H,13,14)/b7-5-. The Kier molecular flexibility index (Phi) is 4.94. The number of aliphatic carboxylic acids is 1. The van der Waals surface area contributed by atoms with Crippen molar-refractivity contribution in [2.75, 3.05) is 0 Å². The van der Waals surface area contributed by atoms with Crippen LogP contribution in [0.4, 0.5) is 9.18 Å². The molecule has 1 atom stereocenters. The second-order valence-corrected chi connectivity index (χ2v) is 4.25. The summed E-state index contributed by atoms with van der Waals surface area (Å²) in [4.78, 5) is 21.4. The molecule has 2 N–H and O–H groups in total. The van der Waals surface area contributed by atoms with Gasteiger partial charge in [0.15, 0.2) is 0 Å². The summed E-state index contributed by atoms with van der Waals surface area (Å²) in [6, 6.07) is -0.758. The number of amides is 1. The third-order valence-electron chi connectivity index (χ3n) is 1.35. The van der Waals surface area contributed by atoms with E-state index in [2.05, 4.69) is 5.32 Å². The summed E-state index contributed by atoms with van der Waals surface area (Å²) in [6.45, 7) is 6.49. The molecule has 1 amide bonds. The molecule has 92 valence electrons. The molecular weight excluding hydrogens is 217 g/mol. The molecule has 0 aromatic carbocycles. The molecule has 0 fully saturated rings. The minimum atomic E-state index is -1.67. The number of carbonyl (C=O) groups excluding carboxylic acids is 1. The molecule has 0 saturated carbocycles. The second kappa shape index (κ2) is 5.48. The van der Waals surface area contributed by atoms with Crippen LogP contribution >= 0.6 is 0 Å². The van der Waals surface area contributed by atoms with Gasteiger partial charge in [-0.2, -0.15) is 4.39 Å². The summed E-state index contributed by atoms with van der Waals surface area (Å²) < 4.78 is 17.5. The molecule has 0 aromatic rings. The predicted octanol–water partition coefficient (Wildman–Crippen LogP) is 1.84. The Balaban J connectivity index is 4.26. The maximum absolute atomic E-state index is 12.6. The van der Waals surface area contributed by atoms with Crippen LogP contribution in [0.3, 0.4) is 0 Å².